The number of benzene rings is 2. The molecule has 0 aliphatic carbocycles. The van der Waals surface area contributed by atoms with Crippen molar-refractivity contribution >= 4 is 12.4 Å². The number of rotatable bonds is 10. The van der Waals surface area contributed by atoms with Crippen LogP contribution in [0, 0.1) is 5.92 Å². The average Bonchev–Trinajstić information content (AvgIpc) is 2.65. The van der Waals surface area contributed by atoms with Crippen molar-refractivity contribution < 1.29 is 14.6 Å². The molecule has 0 radical (unpaired) electrons. The Morgan fingerprint density at radius 3 is 2.30 bits per heavy atom. The van der Waals surface area contributed by atoms with E-state index in [1.807, 2.05) is 55.5 Å². The summed E-state index contributed by atoms with van der Waals surface area (Å²) in [7, 11) is 0. The summed E-state index contributed by atoms with van der Waals surface area (Å²) in [4.78, 5) is 0. The third-order valence-electron chi connectivity index (χ3n) is 4.34. The van der Waals surface area contributed by atoms with Gasteiger partial charge in [0.05, 0.1) is 18.8 Å². The minimum Gasteiger partial charge on any atom is -0.490 e. The Morgan fingerprint density at radius 1 is 0.963 bits per heavy atom. The predicted molar refractivity (Wildman–Crippen MR) is 113 cm³/mol. The molecule has 3 N–H and O–H groups in total. The van der Waals surface area contributed by atoms with Crippen molar-refractivity contribution in [1.29, 1.82) is 0 Å². The van der Waals surface area contributed by atoms with Crippen molar-refractivity contribution in [3.8, 4) is 11.5 Å². The van der Waals surface area contributed by atoms with Crippen LogP contribution in [0.5, 0.6) is 11.5 Å². The van der Waals surface area contributed by atoms with Crippen LogP contribution in [-0.4, -0.2) is 17.8 Å². The van der Waals surface area contributed by atoms with E-state index >= 15 is 0 Å². The first kappa shape index (κ1) is 23.3. The highest BCUT2D eigenvalue weighted by atomic mass is 35.5. The van der Waals surface area contributed by atoms with E-state index < -0.39 is 12.1 Å². The van der Waals surface area contributed by atoms with Gasteiger partial charge < -0.3 is 20.3 Å². The van der Waals surface area contributed by atoms with E-state index in [1.165, 1.54) is 0 Å². The molecule has 4 nitrogen and oxygen atoms in total. The molecule has 5 heteroatoms. The Kier molecular flexibility index (Phi) is 10.2. The van der Waals surface area contributed by atoms with Gasteiger partial charge in [-0.2, -0.15) is 0 Å². The molecule has 0 unspecified atom stereocenters. The Morgan fingerprint density at radius 2 is 1.67 bits per heavy atom. The van der Waals surface area contributed by atoms with Crippen molar-refractivity contribution in [2.24, 2.45) is 11.7 Å². The molecule has 0 saturated carbocycles. The van der Waals surface area contributed by atoms with Gasteiger partial charge in [0.25, 0.3) is 0 Å². The van der Waals surface area contributed by atoms with Crippen molar-refractivity contribution in [1.82, 2.24) is 0 Å². The van der Waals surface area contributed by atoms with E-state index in [0.717, 1.165) is 17.5 Å². The Hall–Kier alpha value is -1.75. The normalized spacial score (nSPS) is 13.0. The maximum absolute atomic E-state index is 10.4. The molecule has 0 bridgehead atoms. The van der Waals surface area contributed by atoms with Gasteiger partial charge >= 0.3 is 0 Å². The molecule has 27 heavy (non-hydrogen) atoms. The van der Waals surface area contributed by atoms with Gasteiger partial charge in [0.1, 0.15) is 6.61 Å². The zero-order chi connectivity index (χ0) is 18.9. The Bertz CT molecular complexity index is 664. The van der Waals surface area contributed by atoms with Gasteiger partial charge in [-0.1, -0.05) is 50.2 Å². The monoisotopic (exact) mass is 393 g/mol. The van der Waals surface area contributed by atoms with Crippen LogP contribution in [0.3, 0.4) is 0 Å². The van der Waals surface area contributed by atoms with Crippen LogP contribution in [0.2, 0.25) is 0 Å². The van der Waals surface area contributed by atoms with Gasteiger partial charge in [0.15, 0.2) is 11.5 Å². The highest BCUT2D eigenvalue weighted by Crippen LogP contribution is 2.32. The van der Waals surface area contributed by atoms with Crippen molar-refractivity contribution in [2.45, 2.75) is 52.4 Å². The van der Waals surface area contributed by atoms with Crippen molar-refractivity contribution in [3.05, 3.63) is 59.7 Å². The van der Waals surface area contributed by atoms with Crippen molar-refractivity contribution in [2.75, 3.05) is 6.61 Å². The topological polar surface area (TPSA) is 64.7 Å². The minimum atomic E-state index is -0.567. The molecule has 2 rings (SSSR count). The number of aliphatic hydroxyl groups excluding tert-OH is 1. The minimum absolute atomic E-state index is 0. The average molecular weight is 394 g/mol. The van der Waals surface area contributed by atoms with Crippen LogP contribution in [0.1, 0.15) is 50.8 Å². The molecule has 2 atom stereocenters. The van der Waals surface area contributed by atoms with Crippen molar-refractivity contribution in [3.63, 3.8) is 0 Å². The van der Waals surface area contributed by atoms with Gasteiger partial charge in [-0.25, -0.2) is 0 Å². The second-order valence-corrected chi connectivity index (χ2v) is 6.98. The molecule has 0 fully saturated rings. The SMILES string of the molecule is CCOc1cc([C@@H](N)[C@@H](O)CCC(C)C)ccc1OCc1ccccc1.Cl. The predicted octanol–water partition coefficient (Wildman–Crippen LogP) is 4.88. The summed E-state index contributed by atoms with van der Waals surface area (Å²) in [5.74, 6) is 1.89. The molecule has 2 aromatic carbocycles. The smallest absolute Gasteiger partial charge is 0.161 e. The van der Waals surface area contributed by atoms with Gasteiger partial charge in [-0.05, 0) is 48.9 Å². The molecular formula is C22H32ClNO3. The summed E-state index contributed by atoms with van der Waals surface area (Å²) < 4.78 is 11.7. The molecule has 2 aromatic rings. The lowest BCUT2D eigenvalue weighted by molar-refractivity contribution is 0.128. The van der Waals surface area contributed by atoms with E-state index in [-0.39, 0.29) is 12.4 Å². The van der Waals surface area contributed by atoms with Crippen LogP contribution in [0.4, 0.5) is 0 Å². The Balaban J connectivity index is 0.00000364. The number of halogens is 1. The second kappa shape index (κ2) is 11.9. The first-order valence-corrected chi connectivity index (χ1v) is 9.38. The molecule has 0 heterocycles. The molecule has 0 spiro atoms. The molecular weight excluding hydrogens is 362 g/mol. The van der Waals surface area contributed by atoms with Crippen LogP contribution >= 0.6 is 12.4 Å². The van der Waals surface area contributed by atoms with Crippen LogP contribution in [0.15, 0.2) is 48.5 Å². The van der Waals surface area contributed by atoms with Gasteiger partial charge in [-0.3, -0.25) is 0 Å². The van der Waals surface area contributed by atoms with E-state index in [1.54, 1.807) is 0 Å². The Labute approximate surface area is 169 Å². The highest BCUT2D eigenvalue weighted by Gasteiger charge is 2.19. The summed E-state index contributed by atoms with van der Waals surface area (Å²) >= 11 is 0. The third-order valence-corrected chi connectivity index (χ3v) is 4.34. The number of hydrogen-bond donors (Lipinski definition) is 2. The first-order chi connectivity index (χ1) is 12.5. The summed E-state index contributed by atoms with van der Waals surface area (Å²) in [6.45, 7) is 7.24. The fourth-order valence-electron chi connectivity index (χ4n) is 2.76. The lowest BCUT2D eigenvalue weighted by atomic mass is 9.96. The zero-order valence-electron chi connectivity index (χ0n) is 16.4. The summed E-state index contributed by atoms with van der Waals surface area (Å²) in [5, 5.41) is 10.4. The lowest BCUT2D eigenvalue weighted by Gasteiger charge is -2.21. The number of nitrogens with two attached hydrogens (primary N) is 1. The molecule has 0 aromatic heterocycles. The number of ether oxygens (including phenoxy) is 2. The molecule has 0 saturated heterocycles. The van der Waals surface area contributed by atoms with Gasteiger partial charge in [-0.15, -0.1) is 12.4 Å². The maximum atomic E-state index is 10.4. The third kappa shape index (κ3) is 7.41. The molecule has 0 aliphatic heterocycles. The second-order valence-electron chi connectivity index (χ2n) is 6.98. The standard InChI is InChI=1S/C22H31NO3.ClH/c1-4-25-21-14-18(22(23)19(24)12-10-16(2)3)11-13-20(21)26-15-17-8-6-5-7-9-17;/h5-9,11,13-14,16,19,22,24H,4,10,12,15,23H2,1-3H3;1H/t19-,22+;/m0./s1. The molecule has 0 aliphatic rings. The fraction of sp³-hybridized carbons (Fsp3) is 0.455. The van der Waals surface area contributed by atoms with Crippen LogP contribution in [-0.2, 0) is 6.61 Å². The molecule has 150 valence electrons. The first-order valence-electron chi connectivity index (χ1n) is 9.38. The fourth-order valence-corrected chi connectivity index (χ4v) is 2.76. The van der Waals surface area contributed by atoms with Crippen LogP contribution in [0.25, 0.3) is 0 Å². The lowest BCUT2D eigenvalue weighted by Crippen LogP contribution is -2.26. The van der Waals surface area contributed by atoms with Gasteiger partial charge in [0.2, 0.25) is 0 Å². The largest absolute Gasteiger partial charge is 0.490 e. The summed E-state index contributed by atoms with van der Waals surface area (Å²) in [6.07, 6.45) is 1.07. The summed E-state index contributed by atoms with van der Waals surface area (Å²) in [6, 6.07) is 15.2. The number of aliphatic hydroxyl groups is 1. The zero-order valence-corrected chi connectivity index (χ0v) is 17.2. The van der Waals surface area contributed by atoms with E-state index in [0.29, 0.717) is 37.1 Å². The highest BCUT2D eigenvalue weighted by molar-refractivity contribution is 5.85. The van der Waals surface area contributed by atoms with E-state index in [9.17, 15) is 5.11 Å². The number of hydrogen-bond acceptors (Lipinski definition) is 4. The quantitative estimate of drug-likeness (QED) is 0.603. The molecule has 0 amide bonds. The van der Waals surface area contributed by atoms with E-state index in [4.69, 9.17) is 15.2 Å². The van der Waals surface area contributed by atoms with E-state index in [2.05, 4.69) is 13.8 Å². The maximum Gasteiger partial charge on any atom is 0.161 e. The van der Waals surface area contributed by atoms with Gasteiger partial charge in [0, 0.05) is 0 Å². The van der Waals surface area contributed by atoms with Crippen LogP contribution < -0.4 is 15.2 Å². The summed E-state index contributed by atoms with van der Waals surface area (Å²) in [5.41, 5.74) is 8.21.